The van der Waals surface area contributed by atoms with Crippen molar-refractivity contribution in [2.45, 2.75) is 64.0 Å². The van der Waals surface area contributed by atoms with Crippen molar-refractivity contribution in [2.75, 3.05) is 6.54 Å². The Morgan fingerprint density at radius 1 is 1.15 bits per heavy atom. The van der Waals surface area contributed by atoms with Gasteiger partial charge in [-0.25, -0.2) is 13.1 Å². The minimum atomic E-state index is -3.67. The quantitative estimate of drug-likeness (QED) is 0.686. The van der Waals surface area contributed by atoms with Crippen molar-refractivity contribution in [3.63, 3.8) is 0 Å². The molecular formula is C19H30N4O3S. The van der Waals surface area contributed by atoms with Gasteiger partial charge < -0.3 is 4.90 Å². The smallest absolute Gasteiger partial charge is 0.241 e. The third-order valence-electron chi connectivity index (χ3n) is 5.55. The van der Waals surface area contributed by atoms with Gasteiger partial charge in [-0.2, -0.15) is 0 Å². The van der Waals surface area contributed by atoms with Gasteiger partial charge in [-0.15, -0.1) is 0 Å². The molecule has 7 nitrogen and oxygen atoms in total. The molecule has 0 bridgehead atoms. The van der Waals surface area contributed by atoms with Gasteiger partial charge in [0.1, 0.15) is 11.3 Å². The molecule has 27 heavy (non-hydrogen) atoms. The van der Waals surface area contributed by atoms with E-state index in [-0.39, 0.29) is 23.9 Å². The van der Waals surface area contributed by atoms with Crippen LogP contribution in [0.25, 0.3) is 0 Å². The highest BCUT2D eigenvalue weighted by Gasteiger charge is 2.43. The Bertz CT molecular complexity index is 786. The molecule has 0 aromatic heterocycles. The number of nitrogens with one attached hydrogen (secondary N) is 3. The fraction of sp³-hybridized carbons (Fsp3) is 0.632. The first-order valence-corrected chi connectivity index (χ1v) is 11.1. The zero-order valence-corrected chi connectivity index (χ0v) is 17.2. The van der Waals surface area contributed by atoms with Gasteiger partial charge in [0.15, 0.2) is 0 Å². The van der Waals surface area contributed by atoms with Crippen LogP contribution in [0.15, 0.2) is 24.3 Å². The lowest BCUT2D eigenvalue weighted by Crippen LogP contribution is -2.56. The average molecular weight is 395 g/mol. The van der Waals surface area contributed by atoms with Gasteiger partial charge in [-0.3, -0.25) is 15.6 Å². The Morgan fingerprint density at radius 2 is 1.74 bits per heavy atom. The number of rotatable bonds is 5. The Morgan fingerprint density at radius 3 is 2.33 bits per heavy atom. The van der Waals surface area contributed by atoms with Crippen molar-refractivity contribution in [2.24, 2.45) is 5.92 Å². The second-order valence-corrected chi connectivity index (χ2v) is 9.86. The number of hydrogen-bond donors (Lipinski definition) is 3. The van der Waals surface area contributed by atoms with Crippen LogP contribution in [-0.2, 0) is 27.8 Å². The van der Waals surface area contributed by atoms with E-state index in [1.165, 1.54) is 5.56 Å². The van der Waals surface area contributed by atoms with Gasteiger partial charge >= 0.3 is 0 Å². The summed E-state index contributed by atoms with van der Waals surface area (Å²) in [6.45, 7) is 8.55. The Hall–Kier alpha value is -1.48. The number of fused-ring (bicyclic) bond motifs is 1. The van der Waals surface area contributed by atoms with Crippen LogP contribution in [0.4, 0.5) is 0 Å². The van der Waals surface area contributed by atoms with Gasteiger partial charge in [0.25, 0.3) is 0 Å². The van der Waals surface area contributed by atoms with Crippen molar-refractivity contribution in [3.8, 4) is 0 Å². The second kappa shape index (κ2) is 7.87. The summed E-state index contributed by atoms with van der Waals surface area (Å²) >= 11 is 0. The third kappa shape index (κ3) is 4.18. The molecule has 2 heterocycles. The maximum atomic E-state index is 13.2. The van der Waals surface area contributed by atoms with E-state index in [9.17, 15) is 13.2 Å². The molecule has 3 atom stereocenters. The minimum Gasteiger partial charge on any atom is -0.337 e. The fourth-order valence-electron chi connectivity index (χ4n) is 4.01. The molecule has 0 aliphatic carbocycles. The van der Waals surface area contributed by atoms with Crippen LogP contribution in [0.1, 0.15) is 38.8 Å². The molecule has 150 valence electrons. The van der Waals surface area contributed by atoms with Crippen molar-refractivity contribution < 1.29 is 13.2 Å². The van der Waals surface area contributed by atoms with E-state index in [2.05, 4.69) is 21.6 Å². The molecule has 3 N–H and O–H groups in total. The first kappa shape index (κ1) is 20.3. The molecule has 1 saturated heterocycles. The lowest BCUT2D eigenvalue weighted by molar-refractivity contribution is -0.135. The average Bonchev–Trinajstić information content (AvgIpc) is 2.97. The van der Waals surface area contributed by atoms with E-state index in [1.54, 1.807) is 4.90 Å². The topological polar surface area (TPSA) is 90.5 Å². The van der Waals surface area contributed by atoms with Gasteiger partial charge in [0.2, 0.25) is 15.9 Å². The number of benzene rings is 1. The Balaban J connectivity index is 1.77. The number of nitrogens with zero attached hydrogens (tertiary/aromatic N) is 1. The molecule has 2 aliphatic heterocycles. The molecule has 0 saturated carbocycles. The van der Waals surface area contributed by atoms with Crippen LogP contribution < -0.4 is 15.6 Å². The Kier molecular flexibility index (Phi) is 5.90. The SMILES string of the molecule is CC1NNC(C)C1S(=O)(=O)N[C@@H](C(=O)N1CCc2ccccc2C1)C(C)C. The lowest BCUT2D eigenvalue weighted by atomic mass is 9.97. The molecular weight excluding hydrogens is 364 g/mol. The summed E-state index contributed by atoms with van der Waals surface area (Å²) in [5.74, 6) is -0.292. The standard InChI is InChI=1S/C19H30N4O3S/c1-12(2)17(22-27(25,26)18-13(3)20-21-14(18)4)19(24)23-10-9-15-7-5-6-8-16(15)11-23/h5-8,12-14,17-18,20-22H,9-11H2,1-4H3/t13?,14?,17-,18?/m1/s1. The molecule has 1 fully saturated rings. The molecule has 0 spiro atoms. The zero-order chi connectivity index (χ0) is 19.8. The number of carbonyl (C=O) groups excluding carboxylic acids is 1. The van der Waals surface area contributed by atoms with Crippen molar-refractivity contribution >= 4 is 15.9 Å². The van der Waals surface area contributed by atoms with Gasteiger partial charge in [0, 0.05) is 25.2 Å². The number of hydrogen-bond acceptors (Lipinski definition) is 5. The highest BCUT2D eigenvalue weighted by Crippen LogP contribution is 2.22. The predicted molar refractivity (Wildman–Crippen MR) is 105 cm³/mol. The van der Waals surface area contributed by atoms with E-state index in [0.717, 1.165) is 12.0 Å². The van der Waals surface area contributed by atoms with Crippen LogP contribution in [0.3, 0.4) is 0 Å². The third-order valence-corrected chi connectivity index (χ3v) is 7.66. The van der Waals surface area contributed by atoms with E-state index < -0.39 is 21.3 Å². The fourth-order valence-corrected chi connectivity index (χ4v) is 6.10. The van der Waals surface area contributed by atoms with Gasteiger partial charge in [-0.05, 0) is 37.3 Å². The van der Waals surface area contributed by atoms with Crippen LogP contribution >= 0.6 is 0 Å². The second-order valence-electron chi connectivity index (χ2n) is 7.99. The largest absolute Gasteiger partial charge is 0.337 e. The molecule has 1 aromatic carbocycles. The van der Waals surface area contributed by atoms with Crippen LogP contribution in [-0.4, -0.2) is 49.1 Å². The summed E-state index contributed by atoms with van der Waals surface area (Å²) in [7, 11) is -3.67. The molecule has 3 rings (SSSR count). The van der Waals surface area contributed by atoms with Crippen LogP contribution in [0.2, 0.25) is 0 Å². The summed E-state index contributed by atoms with van der Waals surface area (Å²) in [6.07, 6.45) is 0.796. The van der Waals surface area contributed by atoms with Gasteiger partial charge in [0.05, 0.1) is 0 Å². The van der Waals surface area contributed by atoms with E-state index in [1.807, 2.05) is 45.9 Å². The molecule has 1 aromatic rings. The van der Waals surface area contributed by atoms with Crippen molar-refractivity contribution in [1.82, 2.24) is 20.5 Å². The van der Waals surface area contributed by atoms with Crippen LogP contribution in [0, 0.1) is 5.92 Å². The molecule has 2 unspecified atom stereocenters. The number of carbonyl (C=O) groups is 1. The summed E-state index contributed by atoms with van der Waals surface area (Å²) in [6, 6.07) is 6.86. The first-order chi connectivity index (χ1) is 12.7. The summed E-state index contributed by atoms with van der Waals surface area (Å²) in [5.41, 5.74) is 8.33. The van der Waals surface area contributed by atoms with E-state index >= 15 is 0 Å². The minimum absolute atomic E-state index is 0.141. The maximum absolute atomic E-state index is 13.2. The lowest BCUT2D eigenvalue weighted by Gasteiger charge is -2.34. The summed E-state index contributed by atoms with van der Waals surface area (Å²) in [4.78, 5) is 14.9. The van der Waals surface area contributed by atoms with Crippen molar-refractivity contribution in [1.29, 1.82) is 0 Å². The van der Waals surface area contributed by atoms with E-state index in [0.29, 0.717) is 13.1 Å². The maximum Gasteiger partial charge on any atom is 0.241 e. The molecule has 2 aliphatic rings. The monoisotopic (exact) mass is 394 g/mol. The number of amides is 1. The van der Waals surface area contributed by atoms with Crippen molar-refractivity contribution in [3.05, 3.63) is 35.4 Å². The first-order valence-electron chi connectivity index (χ1n) is 9.58. The molecule has 8 heteroatoms. The molecule has 0 radical (unpaired) electrons. The van der Waals surface area contributed by atoms with E-state index in [4.69, 9.17) is 0 Å². The number of sulfonamides is 1. The summed E-state index contributed by atoms with van der Waals surface area (Å²) < 4.78 is 28.7. The Labute approximate surface area is 161 Å². The number of hydrazine groups is 1. The summed E-state index contributed by atoms with van der Waals surface area (Å²) in [5, 5.41) is -0.631. The normalized spacial score (nSPS) is 26.9. The predicted octanol–water partition coefficient (Wildman–Crippen LogP) is 0.769. The zero-order valence-electron chi connectivity index (χ0n) is 16.4. The van der Waals surface area contributed by atoms with Crippen LogP contribution in [0.5, 0.6) is 0 Å². The highest BCUT2D eigenvalue weighted by atomic mass is 32.2. The van der Waals surface area contributed by atoms with Gasteiger partial charge in [-0.1, -0.05) is 38.1 Å². The highest BCUT2D eigenvalue weighted by molar-refractivity contribution is 7.90. The molecule has 1 amide bonds.